The van der Waals surface area contributed by atoms with Gasteiger partial charge in [-0.2, -0.15) is 0 Å². The minimum absolute atomic E-state index is 0.262. The lowest BCUT2D eigenvalue weighted by Crippen LogP contribution is -2.41. The number of halogens is 1. The number of para-hydroxylation sites is 1. The number of aliphatic hydroxyl groups is 1. The van der Waals surface area contributed by atoms with Crippen molar-refractivity contribution in [2.75, 3.05) is 4.90 Å². The number of hydrogen-bond donors (Lipinski definition) is 1. The van der Waals surface area contributed by atoms with E-state index in [2.05, 4.69) is 22.6 Å². The fourth-order valence-corrected chi connectivity index (χ4v) is 4.22. The van der Waals surface area contributed by atoms with Crippen molar-refractivity contribution in [1.82, 2.24) is 0 Å². The third-order valence-electron chi connectivity index (χ3n) is 4.98. The van der Waals surface area contributed by atoms with Crippen LogP contribution >= 0.6 is 22.6 Å². The van der Waals surface area contributed by atoms with Gasteiger partial charge in [0.05, 0.1) is 18.7 Å². The predicted molar refractivity (Wildman–Crippen MR) is 116 cm³/mol. The van der Waals surface area contributed by atoms with E-state index in [-0.39, 0.29) is 12.2 Å². The van der Waals surface area contributed by atoms with Crippen LogP contribution in [-0.2, 0) is 16.9 Å². The van der Waals surface area contributed by atoms with E-state index in [0.29, 0.717) is 23.4 Å². The van der Waals surface area contributed by atoms with Gasteiger partial charge < -0.3 is 10.0 Å². The van der Waals surface area contributed by atoms with Crippen molar-refractivity contribution in [2.45, 2.75) is 18.6 Å². The zero-order chi connectivity index (χ0) is 19.7. The minimum atomic E-state index is -1.86. The highest BCUT2D eigenvalue weighted by Gasteiger charge is 2.50. The molecule has 140 valence electrons. The standard InChI is InChI=1S/C23H18INO3/c24-18-10-6-7-16(13-18)15-25-20-12-5-4-11-19(20)23(28,22(25)27)14-21(26)17-8-2-1-3-9-17/h1-13,28H,14-15H2. The number of carbonyl (C=O) groups excluding carboxylic acids is 2. The first-order valence-corrected chi connectivity index (χ1v) is 10.0. The summed E-state index contributed by atoms with van der Waals surface area (Å²) < 4.78 is 1.07. The fraction of sp³-hybridized carbons (Fsp3) is 0.130. The molecule has 0 saturated heterocycles. The number of hydrogen-bond acceptors (Lipinski definition) is 3. The normalized spacial score (nSPS) is 18.2. The van der Waals surface area contributed by atoms with Gasteiger partial charge >= 0.3 is 0 Å². The number of rotatable bonds is 5. The van der Waals surface area contributed by atoms with Crippen LogP contribution in [0.3, 0.4) is 0 Å². The molecule has 1 aliphatic heterocycles. The summed E-state index contributed by atoms with van der Waals surface area (Å²) in [5.74, 6) is -0.723. The number of amides is 1. The smallest absolute Gasteiger partial charge is 0.264 e. The molecule has 3 aromatic carbocycles. The maximum atomic E-state index is 13.3. The predicted octanol–water partition coefficient (Wildman–Crippen LogP) is 4.30. The molecule has 1 heterocycles. The van der Waals surface area contributed by atoms with Gasteiger partial charge in [0.2, 0.25) is 0 Å². The number of nitrogens with zero attached hydrogens (tertiary/aromatic N) is 1. The van der Waals surface area contributed by atoms with E-state index in [1.165, 1.54) is 0 Å². The quantitative estimate of drug-likeness (QED) is 0.435. The van der Waals surface area contributed by atoms with Crippen molar-refractivity contribution in [1.29, 1.82) is 0 Å². The fourth-order valence-electron chi connectivity index (χ4n) is 3.61. The average Bonchev–Trinajstić information content (AvgIpc) is 2.91. The molecule has 0 saturated carbocycles. The lowest BCUT2D eigenvalue weighted by atomic mass is 9.88. The molecule has 0 radical (unpaired) electrons. The number of carbonyl (C=O) groups is 2. The van der Waals surface area contributed by atoms with Gasteiger partial charge in [-0.25, -0.2) is 0 Å². The summed E-state index contributed by atoms with van der Waals surface area (Å²) in [7, 11) is 0. The van der Waals surface area contributed by atoms with Crippen LogP contribution in [0.4, 0.5) is 5.69 Å². The molecular formula is C23H18INO3. The summed E-state index contributed by atoms with van der Waals surface area (Å²) in [6.45, 7) is 0.342. The Hall–Kier alpha value is -2.51. The maximum absolute atomic E-state index is 13.3. The van der Waals surface area contributed by atoms with E-state index >= 15 is 0 Å². The third-order valence-corrected chi connectivity index (χ3v) is 5.65. The van der Waals surface area contributed by atoms with Gasteiger partial charge in [-0.05, 0) is 46.4 Å². The number of ketones is 1. The molecule has 1 aliphatic rings. The Morgan fingerprint density at radius 3 is 2.43 bits per heavy atom. The average molecular weight is 483 g/mol. The molecule has 1 N–H and O–H groups in total. The number of anilines is 1. The van der Waals surface area contributed by atoms with E-state index in [9.17, 15) is 14.7 Å². The second kappa shape index (κ2) is 7.48. The number of benzene rings is 3. The van der Waals surface area contributed by atoms with Gasteiger partial charge in [0, 0.05) is 14.7 Å². The number of fused-ring (bicyclic) bond motifs is 1. The first-order valence-electron chi connectivity index (χ1n) is 8.95. The van der Waals surface area contributed by atoms with E-state index in [1.54, 1.807) is 41.3 Å². The Morgan fingerprint density at radius 1 is 0.964 bits per heavy atom. The van der Waals surface area contributed by atoms with E-state index in [0.717, 1.165) is 9.13 Å². The summed E-state index contributed by atoms with van der Waals surface area (Å²) in [6, 6.07) is 23.8. The van der Waals surface area contributed by atoms with Crippen LogP contribution in [0.5, 0.6) is 0 Å². The van der Waals surface area contributed by atoms with Crippen molar-refractivity contribution in [3.05, 3.63) is 99.1 Å². The van der Waals surface area contributed by atoms with Crippen LogP contribution in [0.15, 0.2) is 78.9 Å². The highest BCUT2D eigenvalue weighted by molar-refractivity contribution is 14.1. The van der Waals surface area contributed by atoms with Crippen LogP contribution in [0.25, 0.3) is 0 Å². The van der Waals surface area contributed by atoms with E-state index in [4.69, 9.17) is 0 Å². The molecule has 0 bridgehead atoms. The molecular weight excluding hydrogens is 465 g/mol. The van der Waals surface area contributed by atoms with Crippen LogP contribution < -0.4 is 4.90 Å². The van der Waals surface area contributed by atoms with Crippen LogP contribution in [0.1, 0.15) is 27.9 Å². The first-order chi connectivity index (χ1) is 13.5. The summed E-state index contributed by atoms with van der Waals surface area (Å²) in [5, 5.41) is 11.3. The van der Waals surface area contributed by atoms with Crippen molar-refractivity contribution >= 4 is 40.0 Å². The Bertz CT molecular complexity index is 1050. The first kappa shape index (κ1) is 18.8. The lowest BCUT2D eigenvalue weighted by Gasteiger charge is -2.23. The highest BCUT2D eigenvalue weighted by atomic mass is 127. The van der Waals surface area contributed by atoms with Crippen molar-refractivity contribution in [3.63, 3.8) is 0 Å². The Balaban J connectivity index is 1.69. The summed E-state index contributed by atoms with van der Waals surface area (Å²) in [5.41, 5.74) is 0.724. The molecule has 0 aliphatic carbocycles. The van der Waals surface area contributed by atoms with Gasteiger partial charge in [-0.1, -0.05) is 60.7 Å². The molecule has 28 heavy (non-hydrogen) atoms. The molecule has 1 unspecified atom stereocenters. The van der Waals surface area contributed by atoms with Crippen molar-refractivity contribution in [3.8, 4) is 0 Å². The molecule has 1 atom stereocenters. The van der Waals surface area contributed by atoms with E-state index < -0.39 is 11.5 Å². The zero-order valence-corrected chi connectivity index (χ0v) is 17.2. The summed E-state index contributed by atoms with van der Waals surface area (Å²) >= 11 is 2.23. The van der Waals surface area contributed by atoms with Gasteiger partial charge in [-0.3, -0.25) is 9.59 Å². The second-order valence-corrected chi connectivity index (χ2v) is 8.11. The number of Topliss-reactive ketones (excluding diaryl/α,β-unsaturated/α-hetero) is 1. The molecule has 4 rings (SSSR count). The molecule has 1 amide bonds. The monoisotopic (exact) mass is 483 g/mol. The third kappa shape index (κ3) is 3.36. The molecule has 4 nitrogen and oxygen atoms in total. The zero-order valence-electron chi connectivity index (χ0n) is 15.0. The van der Waals surface area contributed by atoms with Crippen molar-refractivity contribution < 1.29 is 14.7 Å². The van der Waals surface area contributed by atoms with E-state index in [1.807, 2.05) is 42.5 Å². The van der Waals surface area contributed by atoms with Gasteiger partial charge in [0.15, 0.2) is 11.4 Å². The van der Waals surface area contributed by atoms with Gasteiger partial charge in [0.1, 0.15) is 0 Å². The highest BCUT2D eigenvalue weighted by Crippen LogP contribution is 2.43. The Morgan fingerprint density at radius 2 is 1.68 bits per heavy atom. The van der Waals surface area contributed by atoms with Gasteiger partial charge in [0.25, 0.3) is 5.91 Å². The topological polar surface area (TPSA) is 57.6 Å². The largest absolute Gasteiger partial charge is 0.375 e. The molecule has 0 spiro atoms. The summed E-state index contributed by atoms with van der Waals surface area (Å²) in [6.07, 6.45) is -0.282. The SMILES string of the molecule is O=C(CC1(O)C(=O)N(Cc2cccc(I)c2)c2ccccc21)c1ccccc1. The molecule has 5 heteroatoms. The maximum Gasteiger partial charge on any atom is 0.264 e. The van der Waals surface area contributed by atoms with Crippen molar-refractivity contribution in [2.24, 2.45) is 0 Å². The molecule has 3 aromatic rings. The van der Waals surface area contributed by atoms with Crippen LogP contribution in [-0.4, -0.2) is 16.8 Å². The second-order valence-electron chi connectivity index (χ2n) is 6.86. The Labute approximate surface area is 177 Å². The van der Waals surface area contributed by atoms with Crippen LogP contribution in [0, 0.1) is 3.57 Å². The van der Waals surface area contributed by atoms with Gasteiger partial charge in [-0.15, -0.1) is 0 Å². The van der Waals surface area contributed by atoms with Crippen LogP contribution in [0.2, 0.25) is 0 Å². The Kier molecular flexibility index (Phi) is 5.03. The molecule has 0 fully saturated rings. The minimum Gasteiger partial charge on any atom is -0.375 e. The molecule has 0 aromatic heterocycles. The lowest BCUT2D eigenvalue weighted by molar-refractivity contribution is -0.136. The summed E-state index contributed by atoms with van der Waals surface area (Å²) in [4.78, 5) is 27.6.